The molecule has 1 aliphatic heterocycles. The summed E-state index contributed by atoms with van der Waals surface area (Å²) in [5.74, 6) is 1.64. The van der Waals surface area contributed by atoms with E-state index in [4.69, 9.17) is 4.98 Å². The molecule has 5 nitrogen and oxygen atoms in total. The summed E-state index contributed by atoms with van der Waals surface area (Å²) in [4.78, 5) is 11.8. The molecule has 0 amide bonds. The lowest BCUT2D eigenvalue weighted by Gasteiger charge is -2.35. The van der Waals surface area contributed by atoms with Crippen molar-refractivity contribution in [3.63, 3.8) is 0 Å². The summed E-state index contributed by atoms with van der Waals surface area (Å²) in [6.45, 7) is 9.35. The molecule has 0 aromatic carbocycles. The van der Waals surface area contributed by atoms with Crippen LogP contribution >= 0.6 is 15.9 Å². The van der Waals surface area contributed by atoms with Crippen LogP contribution in [0.4, 0.5) is 5.82 Å². The van der Waals surface area contributed by atoms with Gasteiger partial charge >= 0.3 is 0 Å². The van der Waals surface area contributed by atoms with Crippen molar-refractivity contribution in [2.24, 2.45) is 0 Å². The van der Waals surface area contributed by atoms with Crippen molar-refractivity contribution in [2.45, 2.75) is 53.0 Å². The lowest BCUT2D eigenvalue weighted by Crippen LogP contribution is -2.38. The summed E-state index contributed by atoms with van der Waals surface area (Å²) in [6.07, 6.45) is 3.73. The number of hydrogen-bond donors (Lipinski definition) is 0. The highest BCUT2D eigenvalue weighted by Gasteiger charge is 2.24. The van der Waals surface area contributed by atoms with E-state index in [1.807, 2.05) is 31.5 Å². The molecule has 2 aromatic heterocycles. The minimum Gasteiger partial charge on any atom is -0.353 e. The lowest BCUT2D eigenvalue weighted by atomic mass is 10.0. The fourth-order valence-corrected chi connectivity index (χ4v) is 3.46. The van der Waals surface area contributed by atoms with E-state index < -0.39 is 0 Å². The minimum absolute atomic E-state index is 0.507. The fourth-order valence-electron chi connectivity index (χ4n) is 3.06. The Bertz CT molecular complexity index is 694. The van der Waals surface area contributed by atoms with Gasteiger partial charge in [-0.25, -0.2) is 9.67 Å². The first kappa shape index (κ1) is 15.5. The first-order chi connectivity index (χ1) is 10.5. The molecule has 1 unspecified atom stereocenters. The quantitative estimate of drug-likeness (QED) is 0.815. The summed E-state index contributed by atoms with van der Waals surface area (Å²) in [7, 11) is 0. The van der Waals surface area contributed by atoms with Crippen molar-refractivity contribution in [2.75, 3.05) is 11.4 Å². The second-order valence-electron chi connectivity index (χ2n) is 6.12. The number of aryl methyl sites for hydroxylation is 3. The van der Waals surface area contributed by atoms with Crippen LogP contribution in [0.25, 0.3) is 5.95 Å². The van der Waals surface area contributed by atoms with Crippen molar-refractivity contribution in [3.05, 3.63) is 27.6 Å². The van der Waals surface area contributed by atoms with Crippen LogP contribution in [-0.2, 0) is 0 Å². The van der Waals surface area contributed by atoms with Gasteiger partial charge in [0.05, 0.1) is 15.9 Å². The van der Waals surface area contributed by atoms with E-state index in [9.17, 15) is 0 Å². The van der Waals surface area contributed by atoms with Crippen LogP contribution in [0.15, 0.2) is 10.5 Å². The predicted octanol–water partition coefficient (Wildman–Crippen LogP) is 3.73. The van der Waals surface area contributed by atoms with Gasteiger partial charge in [0.15, 0.2) is 0 Å². The third-order valence-corrected chi connectivity index (χ3v) is 5.19. The maximum absolute atomic E-state index is 4.82. The van der Waals surface area contributed by atoms with E-state index >= 15 is 0 Å². The van der Waals surface area contributed by atoms with Crippen molar-refractivity contribution < 1.29 is 0 Å². The van der Waals surface area contributed by atoms with Gasteiger partial charge in [-0.3, -0.25) is 0 Å². The molecule has 0 aliphatic carbocycles. The Morgan fingerprint density at radius 1 is 1.18 bits per heavy atom. The average molecular weight is 364 g/mol. The lowest BCUT2D eigenvalue weighted by molar-refractivity contribution is 0.479. The van der Waals surface area contributed by atoms with Crippen LogP contribution in [0.3, 0.4) is 0 Å². The highest BCUT2D eigenvalue weighted by Crippen LogP contribution is 2.32. The Labute approximate surface area is 139 Å². The molecular weight excluding hydrogens is 342 g/mol. The first-order valence-electron chi connectivity index (χ1n) is 7.82. The molecule has 6 heteroatoms. The molecule has 3 rings (SSSR count). The standard InChI is InChI=1S/C16H22BrN5/c1-10-9-12(3)22(20-10)16-18-13(4)14(17)15(19-16)21-8-6-5-7-11(21)2/h9,11H,5-8H2,1-4H3. The van der Waals surface area contributed by atoms with E-state index in [2.05, 4.69) is 37.8 Å². The Hall–Kier alpha value is -1.43. The molecule has 0 bridgehead atoms. The Kier molecular flexibility index (Phi) is 4.21. The maximum Gasteiger partial charge on any atom is 0.253 e. The van der Waals surface area contributed by atoms with Crippen LogP contribution in [0.1, 0.15) is 43.3 Å². The van der Waals surface area contributed by atoms with Crippen molar-refractivity contribution in [1.29, 1.82) is 0 Å². The summed E-state index contributed by atoms with van der Waals surface area (Å²) < 4.78 is 2.82. The van der Waals surface area contributed by atoms with Gasteiger partial charge in [-0.15, -0.1) is 0 Å². The zero-order chi connectivity index (χ0) is 15.9. The van der Waals surface area contributed by atoms with Crippen LogP contribution in [-0.4, -0.2) is 32.3 Å². The van der Waals surface area contributed by atoms with E-state index in [1.165, 1.54) is 19.3 Å². The molecule has 2 aromatic rings. The van der Waals surface area contributed by atoms with Gasteiger partial charge in [0.25, 0.3) is 5.95 Å². The predicted molar refractivity (Wildman–Crippen MR) is 91.7 cm³/mol. The molecule has 0 N–H and O–H groups in total. The maximum atomic E-state index is 4.82. The van der Waals surface area contributed by atoms with E-state index in [0.717, 1.165) is 33.9 Å². The molecule has 1 fully saturated rings. The number of nitrogens with zero attached hydrogens (tertiary/aromatic N) is 5. The third kappa shape index (κ3) is 2.76. The molecule has 0 saturated carbocycles. The second kappa shape index (κ2) is 5.99. The molecule has 118 valence electrons. The van der Waals surface area contributed by atoms with Crippen LogP contribution in [0.5, 0.6) is 0 Å². The monoisotopic (exact) mass is 363 g/mol. The molecule has 0 radical (unpaired) electrons. The van der Waals surface area contributed by atoms with Gasteiger partial charge in [-0.1, -0.05) is 0 Å². The number of piperidine rings is 1. The van der Waals surface area contributed by atoms with Gasteiger partial charge in [0.1, 0.15) is 5.82 Å². The normalized spacial score (nSPS) is 18.8. The van der Waals surface area contributed by atoms with Gasteiger partial charge in [0, 0.05) is 18.3 Å². The molecule has 1 saturated heterocycles. The topological polar surface area (TPSA) is 46.8 Å². The minimum atomic E-state index is 0.507. The number of aromatic nitrogens is 4. The summed E-state index contributed by atoms with van der Waals surface area (Å²) in [5.41, 5.74) is 2.98. The summed E-state index contributed by atoms with van der Waals surface area (Å²) in [6, 6.07) is 2.55. The zero-order valence-corrected chi connectivity index (χ0v) is 15.2. The molecule has 0 spiro atoms. The van der Waals surface area contributed by atoms with Crippen LogP contribution < -0.4 is 4.90 Å². The number of hydrogen-bond acceptors (Lipinski definition) is 4. The molecule has 3 heterocycles. The van der Waals surface area contributed by atoms with Gasteiger partial charge in [0.2, 0.25) is 0 Å². The molecular formula is C16H22BrN5. The van der Waals surface area contributed by atoms with Crippen molar-refractivity contribution in [1.82, 2.24) is 19.7 Å². The number of anilines is 1. The summed E-state index contributed by atoms with van der Waals surface area (Å²) in [5, 5.41) is 4.51. The average Bonchev–Trinajstić information content (AvgIpc) is 2.81. The third-order valence-electron chi connectivity index (χ3n) is 4.26. The SMILES string of the molecule is Cc1cc(C)n(-c2nc(C)c(Br)c(N3CCCCC3C)n2)n1. The smallest absolute Gasteiger partial charge is 0.253 e. The first-order valence-corrected chi connectivity index (χ1v) is 8.61. The van der Waals surface area contributed by atoms with Crippen molar-refractivity contribution in [3.8, 4) is 5.95 Å². The highest BCUT2D eigenvalue weighted by atomic mass is 79.9. The highest BCUT2D eigenvalue weighted by molar-refractivity contribution is 9.10. The van der Waals surface area contributed by atoms with Crippen LogP contribution in [0.2, 0.25) is 0 Å². The number of halogens is 1. The fraction of sp³-hybridized carbons (Fsp3) is 0.562. The molecule has 1 atom stereocenters. The van der Waals surface area contributed by atoms with E-state index in [0.29, 0.717) is 12.0 Å². The number of rotatable bonds is 2. The molecule has 22 heavy (non-hydrogen) atoms. The van der Waals surface area contributed by atoms with Gasteiger partial charge < -0.3 is 4.90 Å². The van der Waals surface area contributed by atoms with E-state index in [-0.39, 0.29) is 0 Å². The summed E-state index contributed by atoms with van der Waals surface area (Å²) >= 11 is 3.68. The zero-order valence-electron chi connectivity index (χ0n) is 13.6. The Morgan fingerprint density at radius 2 is 1.95 bits per heavy atom. The Morgan fingerprint density at radius 3 is 2.59 bits per heavy atom. The van der Waals surface area contributed by atoms with Gasteiger partial charge in [-0.2, -0.15) is 10.1 Å². The second-order valence-corrected chi connectivity index (χ2v) is 6.92. The van der Waals surface area contributed by atoms with Crippen LogP contribution in [0, 0.1) is 20.8 Å². The molecule has 1 aliphatic rings. The Balaban J connectivity index is 2.09. The van der Waals surface area contributed by atoms with E-state index in [1.54, 1.807) is 0 Å². The largest absolute Gasteiger partial charge is 0.353 e. The van der Waals surface area contributed by atoms with Gasteiger partial charge in [-0.05, 0) is 69.0 Å². The van der Waals surface area contributed by atoms with Crippen molar-refractivity contribution >= 4 is 21.7 Å².